The molecular formula is C26H34N2O3. The van der Waals surface area contributed by atoms with Crippen molar-refractivity contribution < 1.29 is 14.3 Å². The molecule has 2 heterocycles. The number of benzene rings is 2. The molecule has 0 atom stereocenters. The van der Waals surface area contributed by atoms with E-state index < -0.39 is 0 Å². The van der Waals surface area contributed by atoms with Gasteiger partial charge in [0.05, 0.1) is 14.2 Å². The van der Waals surface area contributed by atoms with Crippen LogP contribution in [0.5, 0.6) is 11.5 Å². The highest BCUT2D eigenvalue weighted by atomic mass is 16.5. The molecule has 0 aromatic heterocycles. The molecule has 4 rings (SSSR count). The summed E-state index contributed by atoms with van der Waals surface area (Å²) in [7, 11) is 3.42. The Balaban J connectivity index is 1.53. The summed E-state index contributed by atoms with van der Waals surface area (Å²) in [5, 5.41) is 0. The molecule has 1 spiro atoms. The monoisotopic (exact) mass is 422 g/mol. The zero-order valence-electron chi connectivity index (χ0n) is 19.2. The highest BCUT2D eigenvalue weighted by molar-refractivity contribution is 5.96. The molecule has 31 heavy (non-hydrogen) atoms. The van der Waals surface area contributed by atoms with Gasteiger partial charge in [-0.15, -0.1) is 0 Å². The first-order valence-electron chi connectivity index (χ1n) is 11.3. The standard InChI is InChI=1S/C26H34N2O3/c1-19(2)14-25(29)28-18-26(23-16-22(31-4)8-9-24(23)28)10-12-27(13-11-26)17-20-6-5-7-21(15-20)30-3/h5-9,15-16,19H,10-14,17-18H2,1-4H3. The third kappa shape index (κ3) is 4.42. The van der Waals surface area contributed by atoms with Gasteiger partial charge >= 0.3 is 0 Å². The highest BCUT2D eigenvalue weighted by Gasteiger charge is 2.46. The first kappa shape index (κ1) is 21.7. The molecule has 1 amide bonds. The number of anilines is 1. The van der Waals surface area contributed by atoms with Gasteiger partial charge in [-0.25, -0.2) is 0 Å². The molecular weight excluding hydrogens is 388 g/mol. The van der Waals surface area contributed by atoms with Crippen molar-refractivity contribution in [1.82, 2.24) is 4.90 Å². The number of methoxy groups -OCH3 is 2. The molecule has 2 aliphatic heterocycles. The Labute approximate surface area is 185 Å². The van der Waals surface area contributed by atoms with Crippen molar-refractivity contribution in [3.8, 4) is 11.5 Å². The van der Waals surface area contributed by atoms with Crippen LogP contribution in [0.1, 0.15) is 44.2 Å². The third-order valence-electron chi connectivity index (χ3n) is 6.76. The van der Waals surface area contributed by atoms with E-state index in [0.717, 1.165) is 56.2 Å². The zero-order valence-corrected chi connectivity index (χ0v) is 19.2. The van der Waals surface area contributed by atoms with E-state index in [4.69, 9.17) is 9.47 Å². The van der Waals surface area contributed by atoms with Gasteiger partial charge in [-0.1, -0.05) is 26.0 Å². The van der Waals surface area contributed by atoms with Crippen LogP contribution in [-0.2, 0) is 16.8 Å². The Kier molecular flexibility index (Phi) is 6.24. The number of hydrogen-bond donors (Lipinski definition) is 0. The van der Waals surface area contributed by atoms with Gasteiger partial charge in [0.15, 0.2) is 0 Å². The maximum Gasteiger partial charge on any atom is 0.227 e. The molecule has 2 aromatic carbocycles. The number of ether oxygens (including phenoxy) is 2. The van der Waals surface area contributed by atoms with E-state index in [1.165, 1.54) is 11.1 Å². The lowest BCUT2D eigenvalue weighted by Crippen LogP contribution is -2.45. The first-order chi connectivity index (χ1) is 14.9. The SMILES string of the molecule is COc1cccc(CN2CCC3(CC2)CN(C(=O)CC(C)C)c2ccc(OC)cc23)c1. The van der Waals surface area contributed by atoms with Crippen molar-refractivity contribution >= 4 is 11.6 Å². The van der Waals surface area contributed by atoms with Gasteiger partial charge in [-0.2, -0.15) is 0 Å². The van der Waals surface area contributed by atoms with Crippen LogP contribution in [0, 0.1) is 5.92 Å². The maximum absolute atomic E-state index is 13.0. The van der Waals surface area contributed by atoms with Crippen LogP contribution in [0.2, 0.25) is 0 Å². The number of amides is 1. The first-order valence-corrected chi connectivity index (χ1v) is 11.3. The highest BCUT2D eigenvalue weighted by Crippen LogP contribution is 2.48. The third-order valence-corrected chi connectivity index (χ3v) is 6.76. The molecule has 2 aliphatic rings. The fourth-order valence-electron chi connectivity index (χ4n) is 5.05. The van der Waals surface area contributed by atoms with Gasteiger partial charge in [-0.05, 0) is 73.3 Å². The van der Waals surface area contributed by atoms with E-state index in [0.29, 0.717) is 12.3 Å². The summed E-state index contributed by atoms with van der Waals surface area (Å²) in [4.78, 5) is 17.6. The van der Waals surface area contributed by atoms with Gasteiger partial charge in [0, 0.05) is 30.6 Å². The summed E-state index contributed by atoms with van der Waals surface area (Å²) in [5.41, 5.74) is 3.65. The van der Waals surface area contributed by atoms with Gasteiger partial charge in [0.2, 0.25) is 5.91 Å². The lowest BCUT2D eigenvalue weighted by molar-refractivity contribution is -0.119. The molecule has 5 nitrogen and oxygen atoms in total. The van der Waals surface area contributed by atoms with Crippen molar-refractivity contribution in [2.75, 3.05) is 38.8 Å². The topological polar surface area (TPSA) is 42.0 Å². The lowest BCUT2D eigenvalue weighted by Gasteiger charge is -2.40. The van der Waals surface area contributed by atoms with E-state index in [9.17, 15) is 4.79 Å². The van der Waals surface area contributed by atoms with Gasteiger partial charge < -0.3 is 14.4 Å². The van der Waals surface area contributed by atoms with Crippen molar-refractivity contribution in [1.29, 1.82) is 0 Å². The van der Waals surface area contributed by atoms with Gasteiger partial charge in [-0.3, -0.25) is 9.69 Å². The van der Waals surface area contributed by atoms with Crippen molar-refractivity contribution in [3.63, 3.8) is 0 Å². The number of hydrogen-bond acceptors (Lipinski definition) is 4. The summed E-state index contributed by atoms with van der Waals surface area (Å²) in [6.07, 6.45) is 2.68. The van der Waals surface area contributed by atoms with Crippen molar-refractivity contribution in [2.45, 2.75) is 45.1 Å². The van der Waals surface area contributed by atoms with Crippen LogP contribution >= 0.6 is 0 Å². The minimum atomic E-state index is 0.0153. The molecule has 1 fully saturated rings. The van der Waals surface area contributed by atoms with E-state index in [2.05, 4.69) is 49.1 Å². The number of nitrogens with zero attached hydrogens (tertiary/aromatic N) is 2. The van der Waals surface area contributed by atoms with Crippen LogP contribution in [0.4, 0.5) is 5.69 Å². The molecule has 0 saturated carbocycles. The minimum Gasteiger partial charge on any atom is -0.497 e. The van der Waals surface area contributed by atoms with Crippen LogP contribution < -0.4 is 14.4 Å². The number of rotatable bonds is 6. The van der Waals surface area contributed by atoms with Crippen LogP contribution in [0.15, 0.2) is 42.5 Å². The predicted molar refractivity (Wildman–Crippen MR) is 124 cm³/mol. The van der Waals surface area contributed by atoms with Crippen molar-refractivity contribution in [2.24, 2.45) is 5.92 Å². The number of carbonyl (C=O) groups excluding carboxylic acids is 1. The van der Waals surface area contributed by atoms with Crippen molar-refractivity contribution in [3.05, 3.63) is 53.6 Å². The lowest BCUT2D eigenvalue weighted by atomic mass is 9.74. The molecule has 0 N–H and O–H groups in total. The summed E-state index contributed by atoms with van der Waals surface area (Å²) in [6, 6.07) is 14.5. The minimum absolute atomic E-state index is 0.0153. The normalized spacial score (nSPS) is 17.8. The molecule has 0 bridgehead atoms. The smallest absolute Gasteiger partial charge is 0.227 e. The Morgan fingerprint density at radius 3 is 2.42 bits per heavy atom. The Hall–Kier alpha value is -2.53. The van der Waals surface area contributed by atoms with E-state index in [-0.39, 0.29) is 11.3 Å². The quantitative estimate of drug-likeness (QED) is 0.681. The number of likely N-dealkylation sites (tertiary alicyclic amines) is 1. The Morgan fingerprint density at radius 1 is 1.03 bits per heavy atom. The van der Waals surface area contributed by atoms with Crippen LogP contribution in [-0.4, -0.2) is 44.7 Å². The molecule has 2 aromatic rings. The van der Waals surface area contributed by atoms with E-state index in [1.54, 1.807) is 14.2 Å². The van der Waals surface area contributed by atoms with Gasteiger partial charge in [0.1, 0.15) is 11.5 Å². The molecule has 166 valence electrons. The van der Waals surface area contributed by atoms with Crippen LogP contribution in [0.3, 0.4) is 0 Å². The predicted octanol–water partition coefficient (Wildman–Crippen LogP) is 4.63. The molecule has 0 aliphatic carbocycles. The summed E-state index contributed by atoms with van der Waals surface area (Å²) < 4.78 is 10.9. The second-order valence-corrected chi connectivity index (χ2v) is 9.37. The fraction of sp³-hybridized carbons (Fsp3) is 0.500. The summed E-state index contributed by atoms with van der Waals surface area (Å²) in [6.45, 7) is 7.95. The van der Waals surface area contributed by atoms with Gasteiger partial charge in [0.25, 0.3) is 0 Å². The number of carbonyl (C=O) groups is 1. The Morgan fingerprint density at radius 2 is 1.74 bits per heavy atom. The molecule has 1 saturated heterocycles. The van der Waals surface area contributed by atoms with E-state index in [1.807, 2.05) is 17.0 Å². The second-order valence-electron chi connectivity index (χ2n) is 9.37. The second kappa shape index (κ2) is 8.91. The zero-order chi connectivity index (χ0) is 22.0. The largest absolute Gasteiger partial charge is 0.497 e. The number of piperidine rings is 1. The Bertz CT molecular complexity index is 932. The molecule has 0 radical (unpaired) electrons. The average molecular weight is 423 g/mol. The summed E-state index contributed by atoms with van der Waals surface area (Å²) >= 11 is 0. The summed E-state index contributed by atoms with van der Waals surface area (Å²) in [5.74, 6) is 2.37. The molecule has 0 unspecified atom stereocenters. The average Bonchev–Trinajstić information content (AvgIpc) is 3.08. The fourth-order valence-corrected chi connectivity index (χ4v) is 5.05. The van der Waals surface area contributed by atoms with E-state index >= 15 is 0 Å². The number of fused-ring (bicyclic) bond motifs is 2. The maximum atomic E-state index is 13.0. The molecule has 5 heteroatoms. The van der Waals surface area contributed by atoms with Crippen LogP contribution in [0.25, 0.3) is 0 Å².